The third-order valence-electron chi connectivity index (χ3n) is 4.84. The molecule has 1 fully saturated rings. The first kappa shape index (κ1) is 20.2. The molecule has 3 aromatic rings. The van der Waals surface area contributed by atoms with E-state index >= 15 is 0 Å². The number of piperazine rings is 1. The molecule has 156 valence electrons. The van der Waals surface area contributed by atoms with Crippen LogP contribution in [-0.4, -0.2) is 51.8 Å². The van der Waals surface area contributed by atoms with Crippen molar-refractivity contribution in [2.24, 2.45) is 0 Å². The van der Waals surface area contributed by atoms with E-state index in [4.69, 9.17) is 11.6 Å². The van der Waals surface area contributed by atoms with Crippen molar-refractivity contribution >= 4 is 23.3 Å². The number of alkyl halides is 3. The van der Waals surface area contributed by atoms with Gasteiger partial charge in [0.2, 0.25) is 0 Å². The Morgan fingerprint density at radius 3 is 2.33 bits per heavy atom. The number of benzene rings is 1. The number of rotatable bonds is 3. The lowest BCUT2D eigenvalue weighted by Crippen LogP contribution is -2.49. The average molecular weight is 436 g/mol. The minimum absolute atomic E-state index is 0.179. The Morgan fingerprint density at radius 1 is 1.00 bits per heavy atom. The zero-order valence-electron chi connectivity index (χ0n) is 15.7. The van der Waals surface area contributed by atoms with Crippen LogP contribution in [0.2, 0.25) is 5.02 Å². The highest BCUT2D eigenvalue weighted by atomic mass is 35.5. The van der Waals surface area contributed by atoms with E-state index in [1.807, 2.05) is 23.1 Å². The first-order valence-corrected chi connectivity index (χ1v) is 9.60. The van der Waals surface area contributed by atoms with Gasteiger partial charge in [0.25, 0.3) is 5.91 Å². The van der Waals surface area contributed by atoms with Crippen LogP contribution < -0.4 is 4.90 Å². The molecule has 1 aromatic carbocycles. The first-order valence-electron chi connectivity index (χ1n) is 9.22. The molecular weight excluding hydrogens is 419 g/mol. The molecule has 0 unspecified atom stereocenters. The molecule has 30 heavy (non-hydrogen) atoms. The number of hydrogen-bond acceptors (Lipinski definition) is 4. The summed E-state index contributed by atoms with van der Waals surface area (Å²) in [7, 11) is 0. The maximum absolute atomic E-state index is 13.3. The van der Waals surface area contributed by atoms with E-state index in [1.54, 1.807) is 18.3 Å². The summed E-state index contributed by atoms with van der Waals surface area (Å²) in [4.78, 5) is 20.9. The molecular formula is C20H17ClF3N5O. The molecule has 0 bridgehead atoms. The molecule has 1 saturated heterocycles. The van der Waals surface area contributed by atoms with Crippen molar-refractivity contribution in [2.75, 3.05) is 31.1 Å². The number of anilines is 1. The Morgan fingerprint density at radius 2 is 1.70 bits per heavy atom. The van der Waals surface area contributed by atoms with Gasteiger partial charge in [-0.2, -0.15) is 18.3 Å². The summed E-state index contributed by atoms with van der Waals surface area (Å²) in [6.07, 6.45) is -2.99. The molecule has 0 radical (unpaired) electrons. The number of aromatic nitrogens is 3. The second-order valence-corrected chi connectivity index (χ2v) is 7.15. The second-order valence-electron chi connectivity index (χ2n) is 6.74. The van der Waals surface area contributed by atoms with Gasteiger partial charge >= 0.3 is 6.18 Å². The van der Waals surface area contributed by atoms with Crippen LogP contribution in [0.25, 0.3) is 5.69 Å². The minimum atomic E-state index is -4.68. The van der Waals surface area contributed by atoms with Crippen LogP contribution in [0.4, 0.5) is 19.0 Å². The van der Waals surface area contributed by atoms with Gasteiger partial charge in [-0.05, 0) is 24.3 Å². The zero-order valence-corrected chi connectivity index (χ0v) is 16.4. The van der Waals surface area contributed by atoms with Gasteiger partial charge in [-0.25, -0.2) is 9.67 Å². The standard InChI is InChI=1S/C20H17ClF3N5O/c21-14-5-1-2-6-15(14)29-16(13-17(26-29)20(22,23)24)19(30)28-11-9-27(10-12-28)18-7-3-4-8-25-18/h1-8,13H,9-12H2. The topological polar surface area (TPSA) is 54.3 Å². The zero-order chi connectivity index (χ0) is 21.3. The van der Waals surface area contributed by atoms with Crippen molar-refractivity contribution in [3.63, 3.8) is 0 Å². The molecule has 1 amide bonds. The molecule has 6 nitrogen and oxygen atoms in total. The molecule has 1 aliphatic rings. The number of halogens is 4. The smallest absolute Gasteiger partial charge is 0.353 e. The van der Waals surface area contributed by atoms with Gasteiger partial charge in [0, 0.05) is 38.4 Å². The summed E-state index contributed by atoms with van der Waals surface area (Å²) < 4.78 is 40.9. The molecule has 4 rings (SSSR count). The number of amides is 1. The van der Waals surface area contributed by atoms with Gasteiger partial charge in [-0.15, -0.1) is 0 Å². The summed E-state index contributed by atoms with van der Waals surface area (Å²) in [5.41, 5.74) is -1.11. The SMILES string of the molecule is O=C(c1cc(C(F)(F)F)nn1-c1ccccc1Cl)N1CCN(c2ccccn2)CC1. The van der Waals surface area contributed by atoms with Crippen LogP contribution in [0, 0.1) is 0 Å². The number of hydrogen-bond donors (Lipinski definition) is 0. The van der Waals surface area contributed by atoms with Crippen molar-refractivity contribution in [1.29, 1.82) is 0 Å². The van der Waals surface area contributed by atoms with Crippen LogP contribution in [-0.2, 0) is 6.18 Å². The maximum atomic E-state index is 13.3. The van der Waals surface area contributed by atoms with Crippen molar-refractivity contribution in [1.82, 2.24) is 19.7 Å². The fourth-order valence-corrected chi connectivity index (χ4v) is 3.54. The first-order chi connectivity index (χ1) is 14.3. The Balaban J connectivity index is 1.61. The van der Waals surface area contributed by atoms with E-state index in [2.05, 4.69) is 10.1 Å². The van der Waals surface area contributed by atoms with Gasteiger partial charge in [-0.1, -0.05) is 29.8 Å². The monoisotopic (exact) mass is 435 g/mol. The van der Waals surface area contributed by atoms with Gasteiger partial charge in [0.05, 0.1) is 10.7 Å². The highest BCUT2D eigenvalue weighted by Crippen LogP contribution is 2.31. The third-order valence-corrected chi connectivity index (χ3v) is 5.16. The van der Waals surface area contributed by atoms with E-state index in [0.717, 1.165) is 16.6 Å². The summed E-state index contributed by atoms with van der Waals surface area (Å²) in [5, 5.41) is 3.83. The molecule has 0 spiro atoms. The summed E-state index contributed by atoms with van der Waals surface area (Å²) in [5.74, 6) is 0.267. The minimum Gasteiger partial charge on any atom is -0.353 e. The van der Waals surface area contributed by atoms with Crippen LogP contribution >= 0.6 is 11.6 Å². The lowest BCUT2D eigenvalue weighted by atomic mass is 10.2. The van der Waals surface area contributed by atoms with Gasteiger partial charge in [-0.3, -0.25) is 4.79 Å². The van der Waals surface area contributed by atoms with Gasteiger partial charge in [0.1, 0.15) is 11.5 Å². The molecule has 2 aromatic heterocycles. The highest BCUT2D eigenvalue weighted by molar-refractivity contribution is 6.32. The van der Waals surface area contributed by atoms with E-state index in [1.165, 1.54) is 17.0 Å². The quantitative estimate of drug-likeness (QED) is 0.626. The molecule has 10 heteroatoms. The Hall–Kier alpha value is -3.07. The molecule has 0 aliphatic carbocycles. The number of carbonyl (C=O) groups is 1. The normalized spacial score (nSPS) is 14.8. The Kier molecular flexibility index (Phi) is 5.38. The van der Waals surface area contributed by atoms with E-state index < -0.39 is 17.8 Å². The van der Waals surface area contributed by atoms with Gasteiger partial charge in [0.15, 0.2) is 5.69 Å². The Labute approximate surface area is 175 Å². The van der Waals surface area contributed by atoms with E-state index in [9.17, 15) is 18.0 Å². The number of nitrogens with zero attached hydrogens (tertiary/aromatic N) is 5. The fraction of sp³-hybridized carbons (Fsp3) is 0.250. The second kappa shape index (κ2) is 7.98. The predicted molar refractivity (Wildman–Crippen MR) is 106 cm³/mol. The Bertz CT molecular complexity index is 1050. The van der Waals surface area contributed by atoms with Crippen molar-refractivity contribution in [2.45, 2.75) is 6.18 Å². The summed E-state index contributed by atoms with van der Waals surface area (Å²) in [6, 6.07) is 12.7. The largest absolute Gasteiger partial charge is 0.435 e. The number of pyridine rings is 1. The van der Waals surface area contributed by atoms with Gasteiger partial charge < -0.3 is 9.80 Å². The number of para-hydroxylation sites is 1. The summed E-state index contributed by atoms with van der Waals surface area (Å²) in [6.45, 7) is 1.75. The molecule has 0 atom stereocenters. The molecule has 0 saturated carbocycles. The van der Waals surface area contributed by atoms with Crippen LogP contribution in [0.5, 0.6) is 0 Å². The molecule has 1 aliphatic heterocycles. The molecule has 3 heterocycles. The summed E-state index contributed by atoms with van der Waals surface area (Å²) >= 11 is 6.15. The van der Waals surface area contributed by atoms with Crippen molar-refractivity contribution in [3.8, 4) is 5.69 Å². The van der Waals surface area contributed by atoms with E-state index in [-0.39, 0.29) is 16.4 Å². The maximum Gasteiger partial charge on any atom is 0.435 e. The lowest BCUT2D eigenvalue weighted by Gasteiger charge is -2.35. The molecule has 0 N–H and O–H groups in total. The average Bonchev–Trinajstić information content (AvgIpc) is 3.20. The van der Waals surface area contributed by atoms with Crippen LogP contribution in [0.15, 0.2) is 54.7 Å². The predicted octanol–water partition coefficient (Wildman–Crippen LogP) is 3.90. The highest BCUT2D eigenvalue weighted by Gasteiger charge is 2.37. The van der Waals surface area contributed by atoms with Crippen molar-refractivity contribution in [3.05, 3.63) is 71.1 Å². The third kappa shape index (κ3) is 3.97. The fourth-order valence-electron chi connectivity index (χ4n) is 3.32. The van der Waals surface area contributed by atoms with Crippen LogP contribution in [0.1, 0.15) is 16.2 Å². The van der Waals surface area contributed by atoms with Crippen molar-refractivity contribution < 1.29 is 18.0 Å². The lowest BCUT2D eigenvalue weighted by molar-refractivity contribution is -0.141. The number of carbonyl (C=O) groups excluding carboxylic acids is 1. The van der Waals surface area contributed by atoms with Crippen LogP contribution in [0.3, 0.4) is 0 Å². The van der Waals surface area contributed by atoms with E-state index in [0.29, 0.717) is 26.2 Å².